The van der Waals surface area contributed by atoms with E-state index in [4.69, 9.17) is 17.0 Å². The summed E-state index contributed by atoms with van der Waals surface area (Å²) in [4.78, 5) is 13.1. The molecule has 3 aromatic rings. The van der Waals surface area contributed by atoms with Gasteiger partial charge in [0.2, 0.25) is 5.91 Å². The van der Waals surface area contributed by atoms with Gasteiger partial charge in [0.15, 0.2) is 5.11 Å². The van der Waals surface area contributed by atoms with Crippen molar-refractivity contribution in [2.24, 2.45) is 5.92 Å². The highest BCUT2D eigenvalue weighted by atomic mass is 32.1. The number of thiocarbonyl (C=S) groups is 1. The van der Waals surface area contributed by atoms with Crippen LogP contribution in [0.15, 0.2) is 84.9 Å². The van der Waals surface area contributed by atoms with E-state index in [1.165, 1.54) is 0 Å². The number of benzene rings is 3. The average Bonchev–Trinajstić information content (AvgIpc) is 2.74. The molecule has 0 aliphatic heterocycles. The molecule has 3 aromatic carbocycles. The van der Waals surface area contributed by atoms with Gasteiger partial charge in [-0.05, 0) is 41.4 Å². The first-order chi connectivity index (χ1) is 14.5. The molecular formula is C25H26N2O2S. The Balaban J connectivity index is 1.70. The van der Waals surface area contributed by atoms with Crippen LogP contribution in [0.1, 0.15) is 30.9 Å². The SMILES string of the molecule is CC(C)COc1cccc(NC(=S)NC(=O)C(c2ccccc2)c2ccccc2)c1. The standard InChI is InChI=1S/C25H26N2O2S/c1-18(2)17-29-22-15-9-14-21(16-22)26-25(30)27-24(28)23(19-10-5-3-6-11-19)20-12-7-4-8-13-20/h3-16,18,23H,17H2,1-2H3,(H2,26,27,28,30). The van der Waals surface area contributed by atoms with Crippen LogP contribution < -0.4 is 15.4 Å². The van der Waals surface area contributed by atoms with E-state index in [1.54, 1.807) is 0 Å². The lowest BCUT2D eigenvalue weighted by Crippen LogP contribution is -2.37. The lowest BCUT2D eigenvalue weighted by Gasteiger charge is -2.19. The smallest absolute Gasteiger partial charge is 0.238 e. The molecule has 1 amide bonds. The van der Waals surface area contributed by atoms with Crippen molar-refractivity contribution in [2.45, 2.75) is 19.8 Å². The summed E-state index contributed by atoms with van der Waals surface area (Å²) < 4.78 is 5.75. The van der Waals surface area contributed by atoms with Gasteiger partial charge in [0, 0.05) is 11.8 Å². The molecule has 2 N–H and O–H groups in total. The Hall–Kier alpha value is -3.18. The molecule has 30 heavy (non-hydrogen) atoms. The highest BCUT2D eigenvalue weighted by molar-refractivity contribution is 7.80. The zero-order valence-corrected chi connectivity index (χ0v) is 18.0. The minimum absolute atomic E-state index is 0.183. The summed E-state index contributed by atoms with van der Waals surface area (Å²) in [6, 6.07) is 26.9. The highest BCUT2D eigenvalue weighted by Gasteiger charge is 2.23. The lowest BCUT2D eigenvalue weighted by molar-refractivity contribution is -0.120. The van der Waals surface area contributed by atoms with Crippen molar-refractivity contribution in [3.63, 3.8) is 0 Å². The van der Waals surface area contributed by atoms with Gasteiger partial charge < -0.3 is 15.4 Å². The third-order valence-electron chi connectivity index (χ3n) is 4.44. The van der Waals surface area contributed by atoms with Crippen molar-refractivity contribution in [1.29, 1.82) is 0 Å². The average molecular weight is 419 g/mol. The second-order valence-corrected chi connectivity index (χ2v) is 7.84. The molecule has 0 fully saturated rings. The molecular weight excluding hydrogens is 392 g/mol. The summed E-state index contributed by atoms with van der Waals surface area (Å²) in [5.74, 6) is 0.564. The fourth-order valence-corrected chi connectivity index (χ4v) is 3.28. The molecule has 5 heteroatoms. The van der Waals surface area contributed by atoms with Crippen LogP contribution >= 0.6 is 12.2 Å². The van der Waals surface area contributed by atoms with Crippen LogP contribution in [0.2, 0.25) is 0 Å². The minimum atomic E-state index is -0.451. The Morgan fingerprint density at radius 3 is 2.07 bits per heavy atom. The summed E-state index contributed by atoms with van der Waals surface area (Å²) in [5.41, 5.74) is 2.58. The number of ether oxygens (including phenoxy) is 1. The Kier molecular flexibility index (Phi) is 7.57. The van der Waals surface area contributed by atoms with Gasteiger partial charge in [-0.1, -0.05) is 80.6 Å². The summed E-state index contributed by atoms with van der Waals surface area (Å²) in [7, 11) is 0. The molecule has 0 heterocycles. The fraction of sp³-hybridized carbons (Fsp3) is 0.200. The quantitative estimate of drug-likeness (QED) is 0.507. The highest BCUT2D eigenvalue weighted by Crippen LogP contribution is 2.25. The van der Waals surface area contributed by atoms with Gasteiger partial charge in [0.1, 0.15) is 5.75 Å². The first kappa shape index (κ1) is 21.5. The molecule has 0 unspecified atom stereocenters. The number of carbonyl (C=O) groups excluding carboxylic acids is 1. The van der Waals surface area contributed by atoms with Crippen molar-refractivity contribution in [1.82, 2.24) is 5.32 Å². The van der Waals surface area contributed by atoms with E-state index in [2.05, 4.69) is 24.5 Å². The molecule has 0 saturated carbocycles. The Labute approximate surface area is 183 Å². The van der Waals surface area contributed by atoms with Gasteiger partial charge in [-0.2, -0.15) is 0 Å². The van der Waals surface area contributed by atoms with Gasteiger partial charge in [-0.25, -0.2) is 0 Å². The van der Waals surface area contributed by atoms with Crippen molar-refractivity contribution in [3.8, 4) is 5.75 Å². The molecule has 0 spiro atoms. The van der Waals surface area contributed by atoms with E-state index in [1.807, 2.05) is 84.9 Å². The predicted octanol–water partition coefficient (Wildman–Crippen LogP) is 5.37. The second kappa shape index (κ2) is 10.6. The maximum Gasteiger partial charge on any atom is 0.238 e. The molecule has 0 aromatic heterocycles. The van der Waals surface area contributed by atoms with Gasteiger partial charge in [0.05, 0.1) is 12.5 Å². The molecule has 4 nitrogen and oxygen atoms in total. The Morgan fingerprint density at radius 1 is 0.900 bits per heavy atom. The topological polar surface area (TPSA) is 50.4 Å². The van der Waals surface area contributed by atoms with E-state index < -0.39 is 5.92 Å². The van der Waals surface area contributed by atoms with Crippen molar-refractivity contribution in [3.05, 3.63) is 96.1 Å². The second-order valence-electron chi connectivity index (χ2n) is 7.43. The van der Waals surface area contributed by atoms with Crippen LogP contribution in [-0.2, 0) is 4.79 Å². The summed E-state index contributed by atoms with van der Waals surface area (Å²) in [6.45, 7) is 4.84. The summed E-state index contributed by atoms with van der Waals surface area (Å²) in [5, 5.41) is 6.16. The third kappa shape index (κ3) is 6.16. The zero-order valence-electron chi connectivity index (χ0n) is 17.2. The van der Waals surface area contributed by atoms with E-state index in [9.17, 15) is 4.79 Å². The van der Waals surface area contributed by atoms with Gasteiger partial charge in [0.25, 0.3) is 0 Å². The van der Waals surface area contributed by atoms with E-state index in [0.29, 0.717) is 12.5 Å². The molecule has 0 atom stereocenters. The van der Waals surface area contributed by atoms with E-state index in [-0.39, 0.29) is 11.0 Å². The molecule has 0 aliphatic carbocycles. The third-order valence-corrected chi connectivity index (χ3v) is 4.64. The monoisotopic (exact) mass is 418 g/mol. The number of carbonyl (C=O) groups is 1. The van der Waals surface area contributed by atoms with Crippen LogP contribution in [0, 0.1) is 5.92 Å². The van der Waals surface area contributed by atoms with Crippen LogP contribution in [0.25, 0.3) is 0 Å². The van der Waals surface area contributed by atoms with E-state index >= 15 is 0 Å². The minimum Gasteiger partial charge on any atom is -0.493 e. The number of anilines is 1. The van der Waals surface area contributed by atoms with Crippen LogP contribution in [-0.4, -0.2) is 17.6 Å². The summed E-state index contributed by atoms with van der Waals surface area (Å²) in [6.07, 6.45) is 0. The lowest BCUT2D eigenvalue weighted by atomic mass is 9.90. The summed E-state index contributed by atoms with van der Waals surface area (Å²) >= 11 is 5.40. The molecule has 0 aliphatic rings. The Bertz CT molecular complexity index is 935. The number of rotatable bonds is 7. The molecule has 0 saturated heterocycles. The Morgan fingerprint density at radius 2 is 1.50 bits per heavy atom. The van der Waals surface area contributed by atoms with Crippen molar-refractivity contribution < 1.29 is 9.53 Å². The molecule has 3 rings (SSSR count). The molecule has 0 bridgehead atoms. The maximum absolute atomic E-state index is 13.1. The van der Waals surface area contributed by atoms with Crippen molar-refractivity contribution in [2.75, 3.05) is 11.9 Å². The largest absolute Gasteiger partial charge is 0.493 e. The van der Waals surface area contributed by atoms with Crippen LogP contribution in [0.4, 0.5) is 5.69 Å². The van der Waals surface area contributed by atoms with Crippen molar-refractivity contribution >= 4 is 28.9 Å². The van der Waals surface area contributed by atoms with Crippen LogP contribution in [0.3, 0.4) is 0 Å². The van der Waals surface area contributed by atoms with E-state index in [0.717, 1.165) is 22.6 Å². The number of hydrogen-bond acceptors (Lipinski definition) is 3. The number of amides is 1. The fourth-order valence-electron chi connectivity index (χ4n) is 3.06. The number of nitrogens with one attached hydrogen (secondary N) is 2. The first-order valence-electron chi connectivity index (χ1n) is 9.97. The molecule has 154 valence electrons. The zero-order chi connectivity index (χ0) is 21.3. The van der Waals surface area contributed by atoms with Gasteiger partial charge in [-0.15, -0.1) is 0 Å². The molecule has 0 radical (unpaired) electrons. The maximum atomic E-state index is 13.1. The number of hydrogen-bond donors (Lipinski definition) is 2. The van der Waals surface area contributed by atoms with Gasteiger partial charge >= 0.3 is 0 Å². The predicted molar refractivity (Wildman–Crippen MR) is 126 cm³/mol. The first-order valence-corrected chi connectivity index (χ1v) is 10.4. The van der Waals surface area contributed by atoms with Gasteiger partial charge in [-0.3, -0.25) is 4.79 Å². The normalized spacial score (nSPS) is 10.7. The van der Waals surface area contributed by atoms with Crippen LogP contribution in [0.5, 0.6) is 5.75 Å².